The Morgan fingerprint density at radius 3 is 2.16 bits per heavy atom. The maximum atomic E-state index is 11.4. The van der Waals surface area contributed by atoms with Crippen molar-refractivity contribution in [2.45, 2.75) is 68.3 Å². The summed E-state index contributed by atoms with van der Waals surface area (Å²) in [7, 11) is -5.21. The molecule has 0 spiro atoms. The molecule has 0 bridgehead atoms. The van der Waals surface area contributed by atoms with Crippen LogP contribution < -0.4 is 10.4 Å². The number of aliphatic carboxylic acids is 1. The van der Waals surface area contributed by atoms with Crippen LogP contribution in [0.25, 0.3) is 0 Å². The van der Waals surface area contributed by atoms with Crippen LogP contribution in [0.1, 0.15) is 6.92 Å². The minimum atomic E-state index is -5.21. The van der Waals surface area contributed by atoms with E-state index in [1.165, 1.54) is 0 Å². The molecule has 0 radical (unpaired) electrons. The van der Waals surface area contributed by atoms with Crippen LogP contribution in [0.15, 0.2) is 0 Å². The van der Waals surface area contributed by atoms with Gasteiger partial charge in [0.15, 0.2) is 12.6 Å². The number of carbonyl (C=O) groups excluding carboxylic acids is 2. The van der Waals surface area contributed by atoms with Gasteiger partial charge in [0.05, 0.1) is 12.6 Å². The molecule has 1 amide bonds. The molecule has 2 aliphatic heterocycles. The van der Waals surface area contributed by atoms with Gasteiger partial charge in [-0.05, 0) is 0 Å². The highest BCUT2D eigenvalue weighted by atomic mass is 32.3. The first-order valence-corrected chi connectivity index (χ1v) is 10.0. The molecule has 0 saturated carbocycles. The number of amides is 1. The van der Waals surface area contributed by atoms with Gasteiger partial charge in [-0.1, -0.05) is 0 Å². The van der Waals surface area contributed by atoms with E-state index in [0.717, 1.165) is 6.92 Å². The normalized spacial score (nSPS) is 41.5. The zero-order valence-corrected chi connectivity index (χ0v) is 16.5. The maximum absolute atomic E-state index is 11.4. The molecule has 180 valence electrons. The third kappa shape index (κ3) is 6.26. The highest BCUT2D eigenvalue weighted by molar-refractivity contribution is 7.80. The number of carboxylic acids is 1. The second kappa shape index (κ2) is 9.96. The Hall–Kier alpha value is -1.51. The summed E-state index contributed by atoms with van der Waals surface area (Å²) in [5.41, 5.74) is 0. The van der Waals surface area contributed by atoms with E-state index in [1.807, 2.05) is 0 Å². The number of nitrogens with one attached hydrogen (secondary N) is 1. The van der Waals surface area contributed by atoms with Crippen LogP contribution >= 0.6 is 0 Å². The van der Waals surface area contributed by atoms with Crippen molar-refractivity contribution in [3.8, 4) is 0 Å². The molecular weight excluding hydrogens is 454 g/mol. The summed E-state index contributed by atoms with van der Waals surface area (Å²) in [6.45, 7) is -0.0542. The van der Waals surface area contributed by atoms with E-state index in [2.05, 4.69) is 9.50 Å². The largest absolute Gasteiger partial charge is 0.726 e. The number of aliphatic hydroxyl groups is 5. The predicted molar refractivity (Wildman–Crippen MR) is 86.7 cm³/mol. The van der Waals surface area contributed by atoms with E-state index in [-0.39, 0.29) is 0 Å². The first-order chi connectivity index (χ1) is 14.2. The molecule has 17 heteroatoms. The van der Waals surface area contributed by atoms with Crippen molar-refractivity contribution in [3.63, 3.8) is 0 Å². The van der Waals surface area contributed by atoms with Crippen molar-refractivity contribution >= 4 is 22.3 Å². The van der Waals surface area contributed by atoms with Crippen LogP contribution in [0.3, 0.4) is 0 Å². The molecular formula is C14H21NO15S-2. The lowest BCUT2D eigenvalue weighted by atomic mass is 9.95. The van der Waals surface area contributed by atoms with E-state index >= 15 is 0 Å². The highest BCUT2D eigenvalue weighted by Crippen LogP contribution is 2.29. The van der Waals surface area contributed by atoms with E-state index in [4.69, 9.17) is 14.2 Å². The molecule has 2 fully saturated rings. The molecule has 2 heterocycles. The molecule has 0 aromatic carbocycles. The Bertz CT molecular complexity index is 761. The Morgan fingerprint density at radius 2 is 1.65 bits per heavy atom. The summed E-state index contributed by atoms with van der Waals surface area (Å²) in [4.78, 5) is 22.5. The maximum Gasteiger partial charge on any atom is 0.217 e. The minimum absolute atomic E-state index is 0.751. The molecule has 0 unspecified atom stereocenters. The van der Waals surface area contributed by atoms with Crippen molar-refractivity contribution in [2.24, 2.45) is 0 Å². The third-order valence-electron chi connectivity index (χ3n) is 4.53. The second-order valence-electron chi connectivity index (χ2n) is 6.79. The third-order valence-corrected chi connectivity index (χ3v) is 4.96. The van der Waals surface area contributed by atoms with Gasteiger partial charge < -0.3 is 59.5 Å². The number of hydrogen-bond donors (Lipinski definition) is 6. The van der Waals surface area contributed by atoms with Crippen molar-refractivity contribution in [1.82, 2.24) is 5.32 Å². The lowest BCUT2D eigenvalue weighted by Crippen LogP contribution is -2.68. The number of hydrogen-bond acceptors (Lipinski definition) is 15. The van der Waals surface area contributed by atoms with Gasteiger partial charge in [-0.15, -0.1) is 0 Å². The number of rotatable bonds is 7. The van der Waals surface area contributed by atoms with Gasteiger partial charge in [-0.25, -0.2) is 8.42 Å². The molecule has 0 aliphatic carbocycles. The van der Waals surface area contributed by atoms with Gasteiger partial charge in [0.1, 0.15) is 48.8 Å². The van der Waals surface area contributed by atoms with Gasteiger partial charge in [-0.2, -0.15) is 0 Å². The van der Waals surface area contributed by atoms with E-state index in [0.29, 0.717) is 0 Å². The first kappa shape index (κ1) is 25.7. The molecule has 2 saturated heterocycles. The first-order valence-electron chi connectivity index (χ1n) is 8.68. The fourth-order valence-corrected chi connectivity index (χ4v) is 3.38. The summed E-state index contributed by atoms with van der Waals surface area (Å²) >= 11 is 0. The average Bonchev–Trinajstić information content (AvgIpc) is 2.64. The molecule has 0 aromatic rings. The fourth-order valence-electron chi connectivity index (χ4n) is 3.08. The van der Waals surface area contributed by atoms with Gasteiger partial charge in [-0.3, -0.25) is 8.98 Å². The molecule has 2 rings (SSSR count). The summed E-state index contributed by atoms with van der Waals surface area (Å²) in [5, 5.41) is 63.4. The Labute approximate surface area is 174 Å². The molecule has 2 aliphatic rings. The Kier molecular flexibility index (Phi) is 8.27. The van der Waals surface area contributed by atoms with Crippen LogP contribution in [0, 0.1) is 0 Å². The van der Waals surface area contributed by atoms with Crippen molar-refractivity contribution < 1.29 is 71.6 Å². The monoisotopic (exact) mass is 475 g/mol. The summed E-state index contributed by atoms with van der Waals surface area (Å²) < 4.78 is 51.0. The molecule has 31 heavy (non-hydrogen) atoms. The van der Waals surface area contributed by atoms with Gasteiger partial charge >= 0.3 is 0 Å². The van der Waals surface area contributed by atoms with Crippen LogP contribution in [0.4, 0.5) is 0 Å². The van der Waals surface area contributed by atoms with Crippen molar-refractivity contribution in [3.05, 3.63) is 0 Å². The number of carbonyl (C=O) groups is 2. The van der Waals surface area contributed by atoms with E-state index in [1.54, 1.807) is 0 Å². The van der Waals surface area contributed by atoms with Crippen molar-refractivity contribution in [1.29, 1.82) is 0 Å². The van der Waals surface area contributed by atoms with E-state index in [9.17, 15) is 53.2 Å². The predicted octanol–water partition coefficient (Wildman–Crippen LogP) is -7.01. The fraction of sp³-hybridized carbons (Fsp3) is 0.857. The van der Waals surface area contributed by atoms with Gasteiger partial charge in [0.25, 0.3) is 0 Å². The molecule has 6 N–H and O–H groups in total. The smallest absolute Gasteiger partial charge is 0.217 e. The summed E-state index contributed by atoms with van der Waals surface area (Å²) in [6, 6.07) is -1.58. The van der Waals surface area contributed by atoms with Crippen LogP contribution in [0.2, 0.25) is 0 Å². The summed E-state index contributed by atoms with van der Waals surface area (Å²) in [6.07, 6.45) is -17.8. The lowest BCUT2D eigenvalue weighted by Gasteiger charge is -2.46. The zero-order chi connectivity index (χ0) is 23.7. The van der Waals surface area contributed by atoms with Gasteiger partial charge in [0, 0.05) is 6.92 Å². The minimum Gasteiger partial charge on any atom is -0.726 e. The number of ether oxygens (including phenoxy) is 3. The molecule has 10 atom stereocenters. The Balaban J connectivity index is 2.27. The number of carboxylic acid groups (broad SMARTS) is 1. The standard InChI is InChI=1S/C14H23NO15S/c1-3(16)15-5-10(6(17)4(28-13(5)23)2-27-31(24,25)26)29-14-9(20)7(18)8(19)11(30-14)12(21)22/h4-11,13-14,17-20,23H,2H2,1H3,(H,15,16)(H,21,22)(H,24,25,26)/p-2/t4-,5-,6+,7+,8+,9-,10-,11-,13-,14-/m1/s1. The van der Waals surface area contributed by atoms with E-state index < -0.39 is 90.2 Å². The lowest BCUT2D eigenvalue weighted by molar-refractivity contribution is -0.363. The quantitative estimate of drug-likeness (QED) is 0.147. The van der Waals surface area contributed by atoms with Crippen LogP contribution in [-0.4, -0.2) is 118 Å². The Morgan fingerprint density at radius 1 is 1.03 bits per heavy atom. The second-order valence-corrected chi connectivity index (χ2v) is 7.84. The number of aliphatic hydroxyl groups excluding tert-OH is 5. The average molecular weight is 475 g/mol. The highest BCUT2D eigenvalue weighted by Gasteiger charge is 2.51. The zero-order valence-electron chi connectivity index (χ0n) is 15.7. The van der Waals surface area contributed by atoms with Crippen LogP contribution in [-0.2, 0) is 38.4 Å². The molecule has 0 aromatic heterocycles. The van der Waals surface area contributed by atoms with Crippen LogP contribution in [0.5, 0.6) is 0 Å². The van der Waals surface area contributed by atoms with Gasteiger partial charge in [0.2, 0.25) is 16.3 Å². The topological polar surface area (TPSA) is 264 Å². The van der Waals surface area contributed by atoms with Crippen molar-refractivity contribution in [2.75, 3.05) is 6.61 Å². The molecule has 16 nitrogen and oxygen atoms in total. The summed E-state index contributed by atoms with van der Waals surface area (Å²) in [5.74, 6) is -2.72. The SMILES string of the molecule is CC(=O)N[C@@H]1[C@@H](O[C@@H]2O[C@@H](C(=O)[O-])[C@@H](O)[C@H](O)[C@H]2O)[C@@H](O)[C@@H](COS(=O)(=O)[O-])O[C@H]1O.